The fraction of sp³-hybridized carbons (Fsp3) is 0. The molecule has 0 saturated heterocycles. The lowest BCUT2D eigenvalue weighted by Crippen LogP contribution is -1.95. The summed E-state index contributed by atoms with van der Waals surface area (Å²) in [7, 11) is 0. The van der Waals surface area contributed by atoms with E-state index in [0.29, 0.717) is 0 Å². The van der Waals surface area contributed by atoms with Gasteiger partial charge in [0, 0.05) is 22.3 Å². The molecule has 5 rings (SSSR count). The SMILES string of the molecule is Nc1ccc(-c2ccc3c(c2)c(-c2ccccc2)c(N)c2ccccc23)cc1. The molecule has 0 heterocycles. The number of nitrogens with two attached hydrogens (primary N) is 2. The van der Waals surface area contributed by atoms with E-state index in [-0.39, 0.29) is 0 Å². The lowest BCUT2D eigenvalue weighted by Gasteiger charge is -2.16. The van der Waals surface area contributed by atoms with E-state index in [9.17, 15) is 0 Å². The van der Waals surface area contributed by atoms with E-state index in [2.05, 4.69) is 72.8 Å². The summed E-state index contributed by atoms with van der Waals surface area (Å²) >= 11 is 0. The zero-order valence-corrected chi connectivity index (χ0v) is 15.4. The van der Waals surface area contributed by atoms with Crippen molar-refractivity contribution in [3.8, 4) is 22.3 Å². The third-order valence-electron chi connectivity index (χ3n) is 5.37. The molecule has 0 aliphatic rings. The highest BCUT2D eigenvalue weighted by Crippen LogP contribution is 2.42. The smallest absolute Gasteiger partial charge is 0.0479 e. The largest absolute Gasteiger partial charge is 0.399 e. The number of anilines is 2. The van der Waals surface area contributed by atoms with Crippen LogP contribution in [0.4, 0.5) is 11.4 Å². The normalized spacial score (nSPS) is 11.1. The van der Waals surface area contributed by atoms with Gasteiger partial charge in [-0.05, 0) is 51.0 Å². The molecule has 2 heteroatoms. The zero-order chi connectivity index (χ0) is 19.1. The Balaban J connectivity index is 1.89. The van der Waals surface area contributed by atoms with Gasteiger partial charge in [0.05, 0.1) is 0 Å². The van der Waals surface area contributed by atoms with Crippen LogP contribution in [0.2, 0.25) is 0 Å². The molecule has 5 aromatic rings. The minimum atomic E-state index is 0.768. The van der Waals surface area contributed by atoms with Gasteiger partial charge >= 0.3 is 0 Å². The van der Waals surface area contributed by atoms with Crippen LogP contribution in [0.1, 0.15) is 0 Å². The van der Waals surface area contributed by atoms with Crippen molar-refractivity contribution >= 4 is 32.9 Å². The van der Waals surface area contributed by atoms with Crippen LogP contribution in [0.5, 0.6) is 0 Å². The van der Waals surface area contributed by atoms with Gasteiger partial charge < -0.3 is 11.5 Å². The maximum atomic E-state index is 6.71. The molecule has 0 atom stereocenters. The summed E-state index contributed by atoms with van der Waals surface area (Å²) in [5, 5.41) is 4.65. The van der Waals surface area contributed by atoms with Gasteiger partial charge in [-0.3, -0.25) is 0 Å². The molecule has 0 fully saturated rings. The van der Waals surface area contributed by atoms with E-state index < -0.39 is 0 Å². The quantitative estimate of drug-likeness (QED) is 0.279. The predicted octanol–water partition coefficient (Wildman–Crippen LogP) is 6.49. The first-order chi connectivity index (χ1) is 13.7. The van der Waals surface area contributed by atoms with Gasteiger partial charge in [-0.25, -0.2) is 0 Å². The van der Waals surface area contributed by atoms with Crippen LogP contribution in [0.25, 0.3) is 43.8 Å². The first-order valence-corrected chi connectivity index (χ1v) is 9.37. The number of hydrogen-bond donors (Lipinski definition) is 2. The average molecular weight is 360 g/mol. The zero-order valence-electron chi connectivity index (χ0n) is 15.4. The maximum Gasteiger partial charge on any atom is 0.0479 e. The standard InChI is InChI=1S/C26H20N2/c27-20-13-10-17(11-14-20)19-12-15-22-21-8-4-5-9-23(21)26(28)25(24(22)16-19)18-6-2-1-3-7-18/h1-16H,27-28H2. The van der Waals surface area contributed by atoms with E-state index in [1.165, 1.54) is 10.8 Å². The molecule has 0 bridgehead atoms. The van der Waals surface area contributed by atoms with Crippen LogP contribution in [0, 0.1) is 0 Å². The summed E-state index contributed by atoms with van der Waals surface area (Å²) < 4.78 is 0. The fourth-order valence-corrected chi connectivity index (χ4v) is 3.99. The molecule has 2 nitrogen and oxygen atoms in total. The second-order valence-electron chi connectivity index (χ2n) is 7.08. The molecular formula is C26H20N2. The summed E-state index contributed by atoms with van der Waals surface area (Å²) in [6.07, 6.45) is 0. The van der Waals surface area contributed by atoms with Crippen molar-refractivity contribution in [1.29, 1.82) is 0 Å². The fourth-order valence-electron chi connectivity index (χ4n) is 3.99. The Morgan fingerprint density at radius 3 is 1.79 bits per heavy atom. The molecule has 0 amide bonds. The molecular weight excluding hydrogens is 340 g/mol. The number of benzene rings is 5. The molecule has 5 aromatic carbocycles. The number of hydrogen-bond acceptors (Lipinski definition) is 2. The molecule has 4 N–H and O–H groups in total. The van der Waals surface area contributed by atoms with Crippen LogP contribution in [0.15, 0.2) is 97.1 Å². The topological polar surface area (TPSA) is 52.0 Å². The van der Waals surface area contributed by atoms with Crippen LogP contribution in [-0.4, -0.2) is 0 Å². The Bertz CT molecular complexity index is 1300. The molecule has 0 aromatic heterocycles. The maximum absolute atomic E-state index is 6.71. The van der Waals surface area contributed by atoms with E-state index in [0.717, 1.165) is 44.4 Å². The molecule has 0 radical (unpaired) electrons. The Hall–Kier alpha value is -3.78. The number of nitrogen functional groups attached to an aromatic ring is 2. The summed E-state index contributed by atoms with van der Waals surface area (Å²) in [4.78, 5) is 0. The average Bonchev–Trinajstić information content (AvgIpc) is 2.75. The number of fused-ring (bicyclic) bond motifs is 3. The number of rotatable bonds is 2. The monoisotopic (exact) mass is 360 g/mol. The first kappa shape index (κ1) is 16.4. The molecule has 28 heavy (non-hydrogen) atoms. The minimum absolute atomic E-state index is 0.768. The highest BCUT2D eigenvalue weighted by molar-refractivity contribution is 6.20. The van der Waals surface area contributed by atoms with Crippen molar-refractivity contribution in [2.24, 2.45) is 0 Å². The molecule has 0 unspecified atom stereocenters. The molecule has 0 spiro atoms. The molecule has 134 valence electrons. The lowest BCUT2D eigenvalue weighted by molar-refractivity contribution is 1.63. The van der Waals surface area contributed by atoms with Crippen LogP contribution in [-0.2, 0) is 0 Å². The molecule has 0 aliphatic heterocycles. The van der Waals surface area contributed by atoms with Gasteiger partial charge in [0.15, 0.2) is 0 Å². The third-order valence-corrected chi connectivity index (χ3v) is 5.37. The van der Waals surface area contributed by atoms with E-state index in [1.54, 1.807) is 0 Å². The van der Waals surface area contributed by atoms with Crippen molar-refractivity contribution in [2.75, 3.05) is 11.5 Å². The Labute approximate surface area is 164 Å². The van der Waals surface area contributed by atoms with Crippen LogP contribution in [0.3, 0.4) is 0 Å². The summed E-state index contributed by atoms with van der Waals surface area (Å²) in [6, 6.07) is 33.3. The van der Waals surface area contributed by atoms with Crippen molar-refractivity contribution in [3.05, 3.63) is 97.1 Å². The van der Waals surface area contributed by atoms with Gasteiger partial charge in [-0.1, -0.05) is 78.9 Å². The Morgan fingerprint density at radius 1 is 0.429 bits per heavy atom. The predicted molar refractivity (Wildman–Crippen MR) is 121 cm³/mol. The Morgan fingerprint density at radius 2 is 1.04 bits per heavy atom. The summed E-state index contributed by atoms with van der Waals surface area (Å²) in [6.45, 7) is 0. The van der Waals surface area contributed by atoms with Crippen molar-refractivity contribution in [3.63, 3.8) is 0 Å². The molecule has 0 saturated carbocycles. The van der Waals surface area contributed by atoms with Crippen molar-refractivity contribution in [2.45, 2.75) is 0 Å². The molecule has 0 aliphatic carbocycles. The first-order valence-electron chi connectivity index (χ1n) is 9.37. The second-order valence-corrected chi connectivity index (χ2v) is 7.08. The van der Waals surface area contributed by atoms with Crippen molar-refractivity contribution in [1.82, 2.24) is 0 Å². The van der Waals surface area contributed by atoms with E-state index in [1.807, 2.05) is 24.3 Å². The van der Waals surface area contributed by atoms with Gasteiger partial charge in [-0.15, -0.1) is 0 Å². The third kappa shape index (κ3) is 2.58. The van der Waals surface area contributed by atoms with E-state index in [4.69, 9.17) is 11.5 Å². The summed E-state index contributed by atoms with van der Waals surface area (Å²) in [5.74, 6) is 0. The van der Waals surface area contributed by atoms with E-state index >= 15 is 0 Å². The van der Waals surface area contributed by atoms with Crippen molar-refractivity contribution < 1.29 is 0 Å². The van der Waals surface area contributed by atoms with Gasteiger partial charge in [0.2, 0.25) is 0 Å². The van der Waals surface area contributed by atoms with Gasteiger partial charge in [-0.2, -0.15) is 0 Å². The van der Waals surface area contributed by atoms with Gasteiger partial charge in [0.25, 0.3) is 0 Å². The lowest BCUT2D eigenvalue weighted by atomic mass is 9.89. The van der Waals surface area contributed by atoms with Gasteiger partial charge in [0.1, 0.15) is 0 Å². The second kappa shape index (κ2) is 6.43. The highest BCUT2D eigenvalue weighted by Gasteiger charge is 2.14. The summed E-state index contributed by atoms with van der Waals surface area (Å²) in [5.41, 5.74) is 18.7. The minimum Gasteiger partial charge on any atom is -0.399 e. The van der Waals surface area contributed by atoms with Crippen LogP contribution < -0.4 is 11.5 Å². The highest BCUT2D eigenvalue weighted by atomic mass is 14.6. The van der Waals surface area contributed by atoms with Crippen LogP contribution >= 0.6 is 0 Å². The Kier molecular flexibility index (Phi) is 3.77.